The second-order valence-corrected chi connectivity index (χ2v) is 4.65. The monoisotopic (exact) mass is 253 g/mol. The Morgan fingerprint density at radius 2 is 2.18 bits per heavy atom. The lowest BCUT2D eigenvalue weighted by Gasteiger charge is -2.10. The van der Waals surface area contributed by atoms with E-state index in [0.29, 0.717) is 11.1 Å². The lowest BCUT2D eigenvalue weighted by molar-refractivity contribution is 0.429. The second-order valence-electron chi connectivity index (χ2n) is 3.66. The standard InChI is InChI=1S/C11H12FN3OS/c1-6(13)9-5-8(12)3-4-10(9)17-11-15-14-7(2)16-11/h3-6H,13H2,1-2H3/t6-/m1/s1. The van der Waals surface area contributed by atoms with Crippen LogP contribution in [0.25, 0.3) is 0 Å². The normalized spacial score (nSPS) is 12.7. The number of benzene rings is 1. The number of aryl methyl sites for hydroxylation is 1. The Hall–Kier alpha value is -1.40. The number of hydrogen-bond donors (Lipinski definition) is 1. The van der Waals surface area contributed by atoms with E-state index in [1.54, 1.807) is 19.9 Å². The minimum atomic E-state index is -0.302. The molecule has 6 heteroatoms. The highest BCUT2D eigenvalue weighted by Gasteiger charge is 2.12. The van der Waals surface area contributed by atoms with Crippen molar-refractivity contribution in [1.29, 1.82) is 0 Å². The minimum Gasteiger partial charge on any atom is -0.416 e. The fourth-order valence-electron chi connectivity index (χ4n) is 1.38. The van der Waals surface area contributed by atoms with Gasteiger partial charge < -0.3 is 10.2 Å². The van der Waals surface area contributed by atoms with Crippen molar-refractivity contribution >= 4 is 11.8 Å². The maximum atomic E-state index is 13.1. The van der Waals surface area contributed by atoms with Gasteiger partial charge in [0.2, 0.25) is 5.89 Å². The molecule has 1 aromatic carbocycles. The van der Waals surface area contributed by atoms with E-state index in [9.17, 15) is 4.39 Å². The molecule has 17 heavy (non-hydrogen) atoms. The third-order valence-corrected chi connectivity index (χ3v) is 3.10. The quantitative estimate of drug-likeness (QED) is 0.911. The van der Waals surface area contributed by atoms with Crippen LogP contribution in [0.4, 0.5) is 4.39 Å². The summed E-state index contributed by atoms with van der Waals surface area (Å²) in [7, 11) is 0. The van der Waals surface area contributed by atoms with Crippen LogP contribution in [0.1, 0.15) is 24.4 Å². The van der Waals surface area contributed by atoms with Gasteiger partial charge in [-0.1, -0.05) is 0 Å². The van der Waals surface area contributed by atoms with Gasteiger partial charge in [0.25, 0.3) is 5.22 Å². The van der Waals surface area contributed by atoms with Crippen LogP contribution in [-0.2, 0) is 0 Å². The Bertz CT molecular complexity index is 527. The summed E-state index contributed by atoms with van der Waals surface area (Å²) in [6.07, 6.45) is 0. The van der Waals surface area contributed by atoms with Crippen molar-refractivity contribution in [1.82, 2.24) is 10.2 Å². The first kappa shape index (κ1) is 12.1. The van der Waals surface area contributed by atoms with Gasteiger partial charge in [0.05, 0.1) is 0 Å². The average molecular weight is 253 g/mol. The highest BCUT2D eigenvalue weighted by molar-refractivity contribution is 7.99. The maximum absolute atomic E-state index is 13.1. The van der Waals surface area contributed by atoms with Gasteiger partial charge in [-0.15, -0.1) is 10.2 Å². The molecule has 0 saturated carbocycles. The number of aromatic nitrogens is 2. The minimum absolute atomic E-state index is 0.253. The van der Waals surface area contributed by atoms with Crippen molar-refractivity contribution in [2.75, 3.05) is 0 Å². The Morgan fingerprint density at radius 3 is 2.76 bits per heavy atom. The van der Waals surface area contributed by atoms with Crippen molar-refractivity contribution in [3.8, 4) is 0 Å². The molecule has 0 aliphatic heterocycles. The van der Waals surface area contributed by atoms with Gasteiger partial charge >= 0.3 is 0 Å². The van der Waals surface area contributed by atoms with Crippen LogP contribution >= 0.6 is 11.8 Å². The highest BCUT2D eigenvalue weighted by Crippen LogP contribution is 2.32. The van der Waals surface area contributed by atoms with E-state index in [4.69, 9.17) is 10.2 Å². The van der Waals surface area contributed by atoms with Crippen molar-refractivity contribution in [2.24, 2.45) is 5.73 Å². The van der Waals surface area contributed by atoms with E-state index in [0.717, 1.165) is 10.5 Å². The molecule has 2 rings (SSSR count). The Balaban J connectivity index is 2.32. The van der Waals surface area contributed by atoms with Gasteiger partial charge in [0, 0.05) is 17.9 Å². The molecule has 0 spiro atoms. The lowest BCUT2D eigenvalue weighted by atomic mass is 10.1. The van der Waals surface area contributed by atoms with Crippen LogP contribution in [0.3, 0.4) is 0 Å². The zero-order chi connectivity index (χ0) is 12.4. The van der Waals surface area contributed by atoms with E-state index >= 15 is 0 Å². The van der Waals surface area contributed by atoms with Gasteiger partial charge in [0.15, 0.2) is 0 Å². The van der Waals surface area contributed by atoms with Gasteiger partial charge in [-0.05, 0) is 42.4 Å². The van der Waals surface area contributed by atoms with Gasteiger partial charge in [-0.25, -0.2) is 4.39 Å². The molecule has 1 heterocycles. The van der Waals surface area contributed by atoms with Gasteiger partial charge in [0.1, 0.15) is 5.82 Å². The largest absolute Gasteiger partial charge is 0.416 e. The summed E-state index contributed by atoms with van der Waals surface area (Å²) in [5.41, 5.74) is 6.52. The van der Waals surface area contributed by atoms with Crippen LogP contribution in [0, 0.1) is 12.7 Å². The average Bonchev–Trinajstić information content (AvgIpc) is 2.66. The van der Waals surface area contributed by atoms with Crippen LogP contribution in [0.2, 0.25) is 0 Å². The second kappa shape index (κ2) is 4.85. The number of nitrogens with two attached hydrogens (primary N) is 1. The van der Waals surface area contributed by atoms with Crippen molar-refractivity contribution < 1.29 is 8.81 Å². The van der Waals surface area contributed by atoms with Crippen molar-refractivity contribution in [3.05, 3.63) is 35.5 Å². The topological polar surface area (TPSA) is 64.9 Å². The Labute approximate surface area is 102 Å². The van der Waals surface area contributed by atoms with Crippen LogP contribution in [-0.4, -0.2) is 10.2 Å². The van der Waals surface area contributed by atoms with Crippen LogP contribution in [0.5, 0.6) is 0 Å². The molecule has 0 aliphatic rings. The predicted octanol–water partition coefficient (Wildman–Crippen LogP) is 2.69. The molecule has 0 bridgehead atoms. The molecule has 0 fully saturated rings. The smallest absolute Gasteiger partial charge is 0.281 e. The molecule has 2 aromatic rings. The summed E-state index contributed by atoms with van der Waals surface area (Å²) in [5, 5.41) is 8.03. The SMILES string of the molecule is Cc1nnc(Sc2ccc(F)cc2[C@@H](C)N)o1. The predicted molar refractivity (Wildman–Crippen MR) is 62.2 cm³/mol. The van der Waals surface area contributed by atoms with Crippen molar-refractivity contribution in [3.63, 3.8) is 0 Å². The molecule has 2 N–H and O–H groups in total. The molecule has 1 atom stereocenters. The first-order valence-corrected chi connectivity index (χ1v) is 5.91. The number of rotatable bonds is 3. The van der Waals surface area contributed by atoms with Crippen LogP contribution in [0.15, 0.2) is 32.7 Å². The molecular formula is C11H12FN3OS. The van der Waals surface area contributed by atoms with Crippen molar-refractivity contribution in [2.45, 2.75) is 30.0 Å². The molecule has 4 nitrogen and oxygen atoms in total. The molecule has 0 unspecified atom stereocenters. The van der Waals surface area contributed by atoms with E-state index in [-0.39, 0.29) is 11.9 Å². The summed E-state index contributed by atoms with van der Waals surface area (Å²) >= 11 is 1.29. The van der Waals surface area contributed by atoms with E-state index in [2.05, 4.69) is 10.2 Å². The van der Waals surface area contributed by atoms with E-state index in [1.165, 1.54) is 23.9 Å². The van der Waals surface area contributed by atoms with Gasteiger partial charge in [-0.3, -0.25) is 0 Å². The molecule has 1 aromatic heterocycles. The molecule has 0 aliphatic carbocycles. The van der Waals surface area contributed by atoms with E-state index in [1.807, 2.05) is 0 Å². The molecule has 90 valence electrons. The fraction of sp³-hybridized carbons (Fsp3) is 0.273. The molecular weight excluding hydrogens is 241 g/mol. The van der Waals surface area contributed by atoms with Gasteiger partial charge in [-0.2, -0.15) is 0 Å². The lowest BCUT2D eigenvalue weighted by Crippen LogP contribution is -2.06. The Kier molecular flexibility index (Phi) is 3.44. The van der Waals surface area contributed by atoms with Crippen LogP contribution < -0.4 is 5.73 Å². The summed E-state index contributed by atoms with van der Waals surface area (Å²) in [5.74, 6) is 0.195. The first-order chi connectivity index (χ1) is 8.06. The first-order valence-electron chi connectivity index (χ1n) is 5.09. The summed E-state index contributed by atoms with van der Waals surface area (Å²) < 4.78 is 18.4. The Morgan fingerprint density at radius 1 is 1.41 bits per heavy atom. The zero-order valence-corrected chi connectivity index (χ0v) is 10.3. The van der Waals surface area contributed by atoms with E-state index < -0.39 is 0 Å². The number of halogens is 1. The number of hydrogen-bond acceptors (Lipinski definition) is 5. The summed E-state index contributed by atoms with van der Waals surface area (Å²) in [6.45, 7) is 3.52. The summed E-state index contributed by atoms with van der Waals surface area (Å²) in [6, 6.07) is 4.23. The summed E-state index contributed by atoms with van der Waals surface area (Å²) in [4.78, 5) is 0.824. The maximum Gasteiger partial charge on any atom is 0.281 e. The zero-order valence-electron chi connectivity index (χ0n) is 9.48. The molecule has 0 saturated heterocycles. The third-order valence-electron chi connectivity index (χ3n) is 2.17. The fourth-order valence-corrected chi connectivity index (χ4v) is 2.31. The number of nitrogens with zero attached hydrogens (tertiary/aromatic N) is 2. The molecule has 0 radical (unpaired) electrons. The highest BCUT2D eigenvalue weighted by atomic mass is 32.2. The third kappa shape index (κ3) is 2.83. The molecule has 0 amide bonds.